The zero-order valence-corrected chi connectivity index (χ0v) is 31.0. The minimum atomic E-state index is -0.220. The lowest BCUT2D eigenvalue weighted by atomic mass is 10.1. The van der Waals surface area contributed by atoms with Crippen LogP contribution >= 0.6 is 0 Å². The largest absolute Gasteiger partial charge is 0.493 e. The molecule has 3 aromatic heterocycles. The normalized spacial score (nSPS) is 11.2. The summed E-state index contributed by atoms with van der Waals surface area (Å²) in [4.78, 5) is 26.1. The molecule has 8 rings (SSSR count). The lowest BCUT2D eigenvalue weighted by Gasteiger charge is -2.12. The Hall–Kier alpha value is -6.98. The van der Waals surface area contributed by atoms with Gasteiger partial charge in [0.1, 0.15) is 41.6 Å². The fraction of sp³-hybridized carbons (Fsp3) is 0.174. The summed E-state index contributed by atoms with van der Waals surface area (Å²) < 4.78 is 37.7. The van der Waals surface area contributed by atoms with Crippen LogP contribution < -0.4 is 25.1 Å². The number of aryl methyl sites for hydroxylation is 1. The van der Waals surface area contributed by atoms with Gasteiger partial charge in [-0.3, -0.25) is 9.59 Å². The first-order valence-corrected chi connectivity index (χ1v) is 18.8. The molecule has 0 aliphatic rings. The van der Waals surface area contributed by atoms with E-state index in [9.17, 15) is 9.59 Å². The summed E-state index contributed by atoms with van der Waals surface area (Å²) in [7, 11) is 0. The van der Waals surface area contributed by atoms with Crippen molar-refractivity contribution in [1.29, 1.82) is 0 Å². The van der Waals surface area contributed by atoms with Gasteiger partial charge in [-0.25, -0.2) is 4.68 Å². The third-order valence-corrected chi connectivity index (χ3v) is 9.25. The second kappa shape index (κ2) is 17.7. The predicted octanol–water partition coefficient (Wildman–Crippen LogP) is 8.51. The molecule has 5 aromatic carbocycles. The van der Waals surface area contributed by atoms with Gasteiger partial charge in [0.2, 0.25) is 11.2 Å². The van der Waals surface area contributed by atoms with Crippen LogP contribution in [0.3, 0.4) is 0 Å². The number of para-hydroxylation sites is 1. The molecule has 0 spiro atoms. The van der Waals surface area contributed by atoms with E-state index in [1.807, 2.05) is 97.2 Å². The fourth-order valence-electron chi connectivity index (χ4n) is 6.33. The van der Waals surface area contributed by atoms with Gasteiger partial charge in [-0.05, 0) is 66.9 Å². The summed E-state index contributed by atoms with van der Waals surface area (Å²) in [5, 5.41) is 9.47. The molecule has 0 unspecified atom stereocenters. The standard InChI is InChI=1S/C46H39N3O8/c50-40-29-42(33-12-5-2-6-13-33)56-43-28-37(21-22-38(40)43)53-24-9-14-35-30-49(48-47-35)23-25-52-26-27-54-36-19-17-34(18-20-36)45-46(55-31-32-10-3-1-4-11-32)44(51)39-15-7-8-16-41(39)57-45/h1-8,10-13,15-22,28-30H,9,14,23-27,31H2. The Morgan fingerprint density at radius 3 is 2.21 bits per heavy atom. The average molecular weight is 762 g/mol. The highest BCUT2D eigenvalue weighted by Crippen LogP contribution is 2.32. The van der Waals surface area contributed by atoms with E-state index in [0.717, 1.165) is 23.2 Å². The van der Waals surface area contributed by atoms with E-state index in [0.29, 0.717) is 89.9 Å². The van der Waals surface area contributed by atoms with Crippen molar-refractivity contribution in [3.8, 4) is 39.9 Å². The molecule has 0 aliphatic heterocycles. The monoisotopic (exact) mass is 761 g/mol. The molecule has 57 heavy (non-hydrogen) atoms. The van der Waals surface area contributed by atoms with Crippen LogP contribution in [0.5, 0.6) is 17.2 Å². The van der Waals surface area contributed by atoms with Crippen LogP contribution in [0.25, 0.3) is 44.6 Å². The van der Waals surface area contributed by atoms with E-state index >= 15 is 0 Å². The predicted molar refractivity (Wildman–Crippen MR) is 217 cm³/mol. The molecule has 3 heterocycles. The van der Waals surface area contributed by atoms with Crippen LogP contribution in [-0.4, -0.2) is 41.4 Å². The van der Waals surface area contributed by atoms with Crippen LogP contribution in [0.4, 0.5) is 0 Å². The summed E-state index contributed by atoms with van der Waals surface area (Å²) in [6, 6.07) is 40.5. The third kappa shape index (κ3) is 9.12. The molecule has 0 N–H and O–H groups in total. The van der Waals surface area contributed by atoms with E-state index in [2.05, 4.69) is 10.3 Å². The van der Waals surface area contributed by atoms with Crippen molar-refractivity contribution in [1.82, 2.24) is 15.0 Å². The summed E-state index contributed by atoms with van der Waals surface area (Å²) >= 11 is 0. The van der Waals surface area contributed by atoms with Crippen molar-refractivity contribution in [2.75, 3.05) is 26.4 Å². The van der Waals surface area contributed by atoms with Crippen LogP contribution in [0.15, 0.2) is 158 Å². The van der Waals surface area contributed by atoms with E-state index in [4.69, 9.17) is 27.8 Å². The van der Waals surface area contributed by atoms with Crippen molar-refractivity contribution >= 4 is 21.9 Å². The molecule has 0 amide bonds. The van der Waals surface area contributed by atoms with Gasteiger partial charge < -0.3 is 27.8 Å². The van der Waals surface area contributed by atoms with E-state index in [1.165, 1.54) is 6.07 Å². The Bertz CT molecular complexity index is 2690. The summed E-state index contributed by atoms with van der Waals surface area (Å²) in [5.74, 6) is 2.34. The van der Waals surface area contributed by atoms with Gasteiger partial charge in [0.15, 0.2) is 11.2 Å². The minimum absolute atomic E-state index is 0.0950. The van der Waals surface area contributed by atoms with Gasteiger partial charge in [-0.15, -0.1) is 5.10 Å². The lowest BCUT2D eigenvalue weighted by Crippen LogP contribution is -2.12. The zero-order valence-electron chi connectivity index (χ0n) is 31.0. The topological polar surface area (TPSA) is 128 Å². The number of hydrogen-bond donors (Lipinski definition) is 0. The summed E-state index contributed by atoms with van der Waals surface area (Å²) in [6.07, 6.45) is 3.34. The molecule has 0 atom stereocenters. The highest BCUT2D eigenvalue weighted by atomic mass is 16.5. The Morgan fingerprint density at radius 2 is 1.37 bits per heavy atom. The summed E-state index contributed by atoms with van der Waals surface area (Å²) in [5.41, 5.74) is 4.01. The highest BCUT2D eigenvalue weighted by molar-refractivity contribution is 5.82. The molecule has 0 bridgehead atoms. The van der Waals surface area contributed by atoms with Gasteiger partial charge in [0.05, 0.1) is 42.8 Å². The number of rotatable bonds is 17. The zero-order chi connectivity index (χ0) is 38.8. The van der Waals surface area contributed by atoms with Gasteiger partial charge in [0.25, 0.3) is 0 Å². The van der Waals surface area contributed by atoms with Crippen LogP contribution in [0, 0.1) is 0 Å². The average Bonchev–Trinajstić information content (AvgIpc) is 3.71. The second-order valence-corrected chi connectivity index (χ2v) is 13.3. The molecule has 11 nitrogen and oxygen atoms in total. The number of fused-ring (bicyclic) bond motifs is 2. The highest BCUT2D eigenvalue weighted by Gasteiger charge is 2.18. The molecular weight excluding hydrogens is 723 g/mol. The van der Waals surface area contributed by atoms with Crippen molar-refractivity contribution in [2.24, 2.45) is 0 Å². The number of aromatic nitrogens is 3. The molecule has 286 valence electrons. The van der Waals surface area contributed by atoms with E-state index < -0.39 is 0 Å². The maximum atomic E-state index is 13.5. The Labute approximate surface area is 327 Å². The van der Waals surface area contributed by atoms with Crippen molar-refractivity contribution in [2.45, 2.75) is 26.0 Å². The quantitative estimate of drug-likeness (QED) is 0.0834. The Balaban J connectivity index is 0.769. The number of benzene rings is 5. The van der Waals surface area contributed by atoms with E-state index in [1.54, 1.807) is 41.1 Å². The maximum absolute atomic E-state index is 13.5. The van der Waals surface area contributed by atoms with E-state index in [-0.39, 0.29) is 23.2 Å². The molecule has 11 heteroatoms. The molecule has 0 aliphatic carbocycles. The lowest BCUT2D eigenvalue weighted by molar-refractivity contribution is 0.0923. The van der Waals surface area contributed by atoms with Crippen LogP contribution in [-0.2, 0) is 24.3 Å². The van der Waals surface area contributed by atoms with Gasteiger partial charge in [-0.2, -0.15) is 0 Å². The van der Waals surface area contributed by atoms with Gasteiger partial charge >= 0.3 is 0 Å². The molecule has 0 saturated heterocycles. The van der Waals surface area contributed by atoms with Gasteiger partial charge in [-0.1, -0.05) is 78.0 Å². The van der Waals surface area contributed by atoms with Crippen LogP contribution in [0.1, 0.15) is 17.7 Å². The van der Waals surface area contributed by atoms with Crippen molar-refractivity contribution in [3.63, 3.8) is 0 Å². The number of ether oxygens (including phenoxy) is 4. The van der Waals surface area contributed by atoms with Gasteiger partial charge in [0, 0.05) is 29.5 Å². The first-order chi connectivity index (χ1) is 28.1. The van der Waals surface area contributed by atoms with Crippen LogP contribution in [0.2, 0.25) is 0 Å². The van der Waals surface area contributed by atoms with Crippen molar-refractivity contribution in [3.05, 3.63) is 171 Å². The smallest absolute Gasteiger partial charge is 0.235 e. The molecule has 8 aromatic rings. The maximum Gasteiger partial charge on any atom is 0.235 e. The SMILES string of the molecule is O=c1cc(-c2ccccc2)oc2cc(OCCCc3cn(CCOCCOc4ccc(-c5oc6ccccc6c(=O)c5OCc5ccccc5)cc4)nn3)ccc12. The molecular formula is C46H39N3O8. The molecule has 0 saturated carbocycles. The molecule has 0 radical (unpaired) electrons. The van der Waals surface area contributed by atoms with Crippen molar-refractivity contribution < 1.29 is 27.8 Å². The second-order valence-electron chi connectivity index (χ2n) is 13.3. The Morgan fingerprint density at radius 1 is 0.614 bits per heavy atom. The first-order valence-electron chi connectivity index (χ1n) is 18.8. The number of hydrogen-bond acceptors (Lipinski definition) is 10. The molecule has 0 fully saturated rings. The third-order valence-electron chi connectivity index (χ3n) is 9.25. The fourth-order valence-corrected chi connectivity index (χ4v) is 6.33. The Kier molecular flexibility index (Phi) is 11.4. The first kappa shape index (κ1) is 37.0. The minimum Gasteiger partial charge on any atom is -0.493 e. The summed E-state index contributed by atoms with van der Waals surface area (Å²) in [6.45, 7) is 2.46. The number of nitrogens with zero attached hydrogens (tertiary/aromatic N) is 3.